The van der Waals surface area contributed by atoms with Crippen LogP contribution in [0.25, 0.3) is 10.9 Å². The lowest BCUT2D eigenvalue weighted by molar-refractivity contribution is -0.145. The highest BCUT2D eigenvalue weighted by atomic mass is 16.5. The number of benzene rings is 2. The Morgan fingerprint density at radius 1 is 0.976 bits per heavy atom. The number of ether oxygens (including phenoxy) is 1. The number of carboxylic acids is 1. The second-order valence-corrected chi connectivity index (χ2v) is 11.5. The van der Waals surface area contributed by atoms with Crippen molar-refractivity contribution in [3.8, 4) is 0 Å². The number of aryl methyl sites for hydroxylation is 1. The maximum Gasteiger partial charge on any atom is 0.408 e. The maximum atomic E-state index is 14.0. The summed E-state index contributed by atoms with van der Waals surface area (Å²) >= 11 is 0. The number of aromatic amines is 1. The Kier molecular flexibility index (Phi) is 9.55. The molecule has 3 amide bonds. The van der Waals surface area contributed by atoms with Gasteiger partial charge in [0.2, 0.25) is 11.8 Å². The lowest BCUT2D eigenvalue weighted by Crippen LogP contribution is -2.66. The summed E-state index contributed by atoms with van der Waals surface area (Å²) in [5.41, 5.74) is 2.19. The van der Waals surface area contributed by atoms with Crippen molar-refractivity contribution in [2.24, 2.45) is 11.8 Å². The van der Waals surface area contributed by atoms with Crippen LogP contribution in [0.15, 0.2) is 54.6 Å². The van der Waals surface area contributed by atoms with Crippen molar-refractivity contribution >= 4 is 34.8 Å². The number of hydrogen-bond acceptors (Lipinski definition) is 5. The third-order valence-electron chi connectivity index (χ3n) is 8.18. The van der Waals surface area contributed by atoms with Crippen molar-refractivity contribution in [3.05, 3.63) is 71.4 Å². The molecule has 10 heteroatoms. The van der Waals surface area contributed by atoms with Gasteiger partial charge in [-0.25, -0.2) is 9.59 Å². The van der Waals surface area contributed by atoms with E-state index < -0.39 is 41.5 Å². The van der Waals surface area contributed by atoms with Gasteiger partial charge in [0.05, 0.1) is 0 Å². The molecule has 1 aliphatic rings. The summed E-state index contributed by atoms with van der Waals surface area (Å²) in [4.78, 5) is 56.0. The van der Waals surface area contributed by atoms with Crippen LogP contribution in [-0.4, -0.2) is 51.6 Å². The van der Waals surface area contributed by atoms with Gasteiger partial charge in [-0.3, -0.25) is 9.59 Å². The summed E-state index contributed by atoms with van der Waals surface area (Å²) in [6, 6.07) is 14.8. The predicted molar refractivity (Wildman–Crippen MR) is 159 cm³/mol. The molecule has 0 saturated heterocycles. The zero-order valence-electron chi connectivity index (χ0n) is 24.5. The van der Waals surface area contributed by atoms with Crippen LogP contribution in [0, 0.1) is 11.8 Å². The zero-order valence-corrected chi connectivity index (χ0v) is 24.5. The van der Waals surface area contributed by atoms with Crippen LogP contribution in [0.1, 0.15) is 57.4 Å². The average molecular weight is 577 g/mol. The molecule has 0 radical (unpaired) electrons. The molecule has 0 unspecified atom stereocenters. The molecule has 1 heterocycles. The van der Waals surface area contributed by atoms with E-state index in [1.807, 2.05) is 68.4 Å². The van der Waals surface area contributed by atoms with Gasteiger partial charge in [-0.1, -0.05) is 82.6 Å². The number of carbonyl (C=O) groups excluding carboxylic acids is 3. The first-order valence-electron chi connectivity index (χ1n) is 14.5. The molecular weight excluding hydrogens is 536 g/mol. The quantitative estimate of drug-likeness (QED) is 0.232. The Morgan fingerprint density at radius 3 is 2.33 bits per heavy atom. The van der Waals surface area contributed by atoms with Crippen molar-refractivity contribution in [1.29, 1.82) is 0 Å². The normalized spacial score (nSPS) is 18.4. The van der Waals surface area contributed by atoms with Crippen molar-refractivity contribution in [1.82, 2.24) is 20.9 Å². The first kappa shape index (κ1) is 30.6. The van der Waals surface area contributed by atoms with Gasteiger partial charge in [0.25, 0.3) is 0 Å². The number of para-hydroxylation sites is 1. The van der Waals surface area contributed by atoms with Crippen molar-refractivity contribution in [3.63, 3.8) is 0 Å². The average Bonchev–Trinajstić information content (AvgIpc) is 3.34. The minimum atomic E-state index is -1.43. The van der Waals surface area contributed by atoms with Gasteiger partial charge in [0.1, 0.15) is 24.2 Å². The van der Waals surface area contributed by atoms with E-state index in [1.54, 1.807) is 13.8 Å². The smallest absolute Gasteiger partial charge is 0.408 e. The third kappa shape index (κ3) is 6.75. The number of aromatic nitrogens is 1. The molecule has 0 saturated carbocycles. The van der Waals surface area contributed by atoms with E-state index in [-0.39, 0.29) is 31.3 Å². The highest BCUT2D eigenvalue weighted by molar-refractivity contribution is 5.97. The summed E-state index contributed by atoms with van der Waals surface area (Å²) in [6.07, 6.45) is 0.723. The molecule has 1 aliphatic carbocycles. The van der Waals surface area contributed by atoms with E-state index in [0.29, 0.717) is 12.8 Å². The summed E-state index contributed by atoms with van der Waals surface area (Å²) in [6.45, 7) is 7.22. The number of fused-ring (bicyclic) bond motifs is 3. The van der Waals surface area contributed by atoms with Crippen molar-refractivity contribution < 1.29 is 29.0 Å². The zero-order chi connectivity index (χ0) is 30.4. The first-order valence-corrected chi connectivity index (χ1v) is 14.5. The summed E-state index contributed by atoms with van der Waals surface area (Å²) < 4.78 is 5.38. The van der Waals surface area contributed by atoms with Crippen LogP contribution in [0.2, 0.25) is 0 Å². The van der Waals surface area contributed by atoms with Crippen LogP contribution >= 0.6 is 0 Å². The van der Waals surface area contributed by atoms with E-state index in [0.717, 1.165) is 27.7 Å². The third-order valence-corrected chi connectivity index (χ3v) is 8.18. The Morgan fingerprint density at radius 2 is 1.67 bits per heavy atom. The fraction of sp³-hybridized carbons (Fsp3) is 0.438. The highest BCUT2D eigenvalue weighted by Gasteiger charge is 2.46. The fourth-order valence-electron chi connectivity index (χ4n) is 5.46. The van der Waals surface area contributed by atoms with E-state index >= 15 is 0 Å². The Hall–Kier alpha value is -4.34. The molecule has 0 spiro atoms. The second kappa shape index (κ2) is 13.1. The topological polar surface area (TPSA) is 150 Å². The van der Waals surface area contributed by atoms with Crippen LogP contribution in [-0.2, 0) is 38.6 Å². The van der Waals surface area contributed by atoms with Gasteiger partial charge in [-0.2, -0.15) is 0 Å². The van der Waals surface area contributed by atoms with Crippen LogP contribution in [0.5, 0.6) is 0 Å². The minimum absolute atomic E-state index is 0.0446. The van der Waals surface area contributed by atoms with E-state index in [1.165, 1.54) is 0 Å². The van der Waals surface area contributed by atoms with E-state index in [4.69, 9.17) is 4.74 Å². The van der Waals surface area contributed by atoms with Gasteiger partial charge in [0, 0.05) is 23.0 Å². The van der Waals surface area contributed by atoms with E-state index in [2.05, 4.69) is 20.9 Å². The van der Waals surface area contributed by atoms with Crippen LogP contribution in [0.3, 0.4) is 0 Å². The Balaban J connectivity index is 1.61. The number of carbonyl (C=O) groups is 4. The van der Waals surface area contributed by atoms with Gasteiger partial charge in [-0.15, -0.1) is 0 Å². The molecular formula is C32H40N4O6. The number of hydrogen-bond donors (Lipinski definition) is 5. The number of rotatable bonds is 11. The standard InChI is InChI=1S/C32H40N4O6/c1-5-20(4)27(35-31(41)42-18-21-11-7-6-8-12-21)28(37)36-32(30(40)34-26(19(2)3)29(38)39)16-15-25-23(17-32)22-13-9-10-14-24(22)33-25/h6-14,19-20,26-27,33H,5,15-18H2,1-4H3,(H,34,40)(H,35,41)(H,36,37)(H,38,39)/t20-,26-,27-,32-/m0/s1. The molecule has 10 nitrogen and oxygen atoms in total. The largest absolute Gasteiger partial charge is 0.480 e. The molecule has 0 bridgehead atoms. The van der Waals surface area contributed by atoms with Crippen LogP contribution in [0.4, 0.5) is 4.79 Å². The number of nitrogens with one attached hydrogen (secondary N) is 4. The molecule has 0 aliphatic heterocycles. The molecule has 4 rings (SSSR count). The molecule has 1 aromatic heterocycles. The highest BCUT2D eigenvalue weighted by Crippen LogP contribution is 2.35. The Labute approximate surface area is 245 Å². The number of amides is 3. The molecule has 0 fully saturated rings. The number of H-pyrrole nitrogens is 1. The SMILES string of the molecule is CC[C@H](C)[C@H](NC(=O)OCc1ccccc1)C(=O)N[C@@]1(C(=O)N[C@H](C(=O)O)C(C)C)CCc2[nH]c3ccccc3c2C1. The van der Waals surface area contributed by atoms with Gasteiger partial charge in [-0.05, 0) is 41.9 Å². The Bertz CT molecular complexity index is 1440. The lowest BCUT2D eigenvalue weighted by atomic mass is 9.78. The van der Waals surface area contributed by atoms with Crippen molar-refractivity contribution in [2.75, 3.05) is 0 Å². The monoisotopic (exact) mass is 576 g/mol. The minimum Gasteiger partial charge on any atom is -0.480 e. The molecule has 42 heavy (non-hydrogen) atoms. The van der Waals surface area contributed by atoms with Gasteiger partial charge >= 0.3 is 12.1 Å². The van der Waals surface area contributed by atoms with E-state index in [9.17, 15) is 24.3 Å². The first-order chi connectivity index (χ1) is 20.0. The molecule has 2 aromatic carbocycles. The van der Waals surface area contributed by atoms with Crippen molar-refractivity contribution in [2.45, 2.75) is 77.6 Å². The second-order valence-electron chi connectivity index (χ2n) is 11.5. The summed E-state index contributed by atoms with van der Waals surface area (Å²) in [5.74, 6) is -2.90. The summed E-state index contributed by atoms with van der Waals surface area (Å²) in [7, 11) is 0. The van der Waals surface area contributed by atoms with Gasteiger partial charge < -0.3 is 30.8 Å². The summed E-state index contributed by atoms with van der Waals surface area (Å²) in [5, 5.41) is 19.1. The maximum absolute atomic E-state index is 14.0. The number of alkyl carbamates (subject to hydrolysis) is 1. The van der Waals surface area contributed by atoms with Crippen LogP contribution < -0.4 is 16.0 Å². The molecule has 224 valence electrons. The van der Waals surface area contributed by atoms with Gasteiger partial charge in [0.15, 0.2) is 0 Å². The molecule has 4 atom stereocenters. The molecule has 3 aromatic rings. The molecule has 5 N–H and O–H groups in total. The lowest BCUT2D eigenvalue weighted by Gasteiger charge is -2.39. The number of carboxylic acid groups (broad SMARTS) is 1. The number of aliphatic carboxylic acids is 1. The fourth-order valence-corrected chi connectivity index (χ4v) is 5.46. The predicted octanol–water partition coefficient (Wildman–Crippen LogP) is 4.08.